The van der Waals surface area contributed by atoms with Crippen LogP contribution in [0.15, 0.2) is 47.5 Å². The van der Waals surface area contributed by atoms with E-state index < -0.39 is 0 Å². The van der Waals surface area contributed by atoms with Gasteiger partial charge < -0.3 is 19.9 Å². The number of nitrogens with one attached hydrogen (secondary N) is 1. The number of hydrogen-bond donors (Lipinski definition) is 1. The van der Waals surface area contributed by atoms with E-state index in [9.17, 15) is 9.59 Å². The van der Waals surface area contributed by atoms with Gasteiger partial charge in [-0.3, -0.25) is 14.2 Å². The van der Waals surface area contributed by atoms with Crippen LogP contribution in [0.4, 0.5) is 10.7 Å². The molecule has 2 amide bonds. The van der Waals surface area contributed by atoms with Gasteiger partial charge in [-0.15, -0.1) is 0 Å². The molecule has 1 N–H and O–H groups in total. The summed E-state index contributed by atoms with van der Waals surface area (Å²) < 4.78 is 9.26. The zero-order chi connectivity index (χ0) is 26.0. The number of amides is 2. The van der Waals surface area contributed by atoms with Gasteiger partial charge in [0.15, 0.2) is 0 Å². The first-order valence-electron chi connectivity index (χ1n) is 12.7. The minimum Gasteiger partial charge on any atom is -0.372 e. The van der Waals surface area contributed by atoms with Crippen LogP contribution < -0.4 is 15.8 Å². The number of carbonyl (C=O) groups excluding carboxylic acids is 1. The monoisotopic (exact) mass is 531 g/mol. The van der Waals surface area contributed by atoms with E-state index in [0.717, 1.165) is 33.3 Å². The van der Waals surface area contributed by atoms with E-state index in [0.29, 0.717) is 62.3 Å². The Balaban J connectivity index is 1.20. The molecular formula is C27H26ClN7O3. The number of benzene rings is 2. The average molecular weight is 532 g/mol. The molecule has 2 aromatic heterocycles. The number of fused-ring (bicyclic) bond motifs is 3. The van der Waals surface area contributed by atoms with E-state index >= 15 is 0 Å². The zero-order valence-electron chi connectivity index (χ0n) is 20.9. The van der Waals surface area contributed by atoms with Gasteiger partial charge in [-0.25, -0.2) is 14.8 Å². The highest BCUT2D eigenvalue weighted by Gasteiger charge is 2.36. The molecule has 0 aliphatic carbocycles. The number of nitrogens with zero attached hydrogens (tertiary/aromatic N) is 6. The maximum Gasteiger partial charge on any atom is 0.317 e. The number of hydrogen-bond acceptors (Lipinski definition) is 6. The van der Waals surface area contributed by atoms with Gasteiger partial charge in [-0.1, -0.05) is 23.7 Å². The molecule has 0 bridgehead atoms. The molecule has 10 nitrogen and oxygen atoms in total. The summed E-state index contributed by atoms with van der Waals surface area (Å²) in [7, 11) is 1.78. The number of urea groups is 1. The smallest absolute Gasteiger partial charge is 0.317 e. The van der Waals surface area contributed by atoms with E-state index in [-0.39, 0.29) is 17.6 Å². The molecule has 3 aliphatic heterocycles. The van der Waals surface area contributed by atoms with Gasteiger partial charge in [-0.05, 0) is 40.5 Å². The van der Waals surface area contributed by atoms with Crippen LogP contribution in [0.2, 0.25) is 5.02 Å². The first-order chi connectivity index (χ1) is 18.5. The summed E-state index contributed by atoms with van der Waals surface area (Å²) in [6.45, 7) is 4.27. The summed E-state index contributed by atoms with van der Waals surface area (Å²) in [5.74, 6) is 0.653. The maximum absolute atomic E-state index is 13.0. The number of halogens is 1. The molecule has 7 rings (SSSR count). The van der Waals surface area contributed by atoms with E-state index in [1.807, 2.05) is 52.3 Å². The van der Waals surface area contributed by atoms with Crippen molar-refractivity contribution in [3.63, 3.8) is 0 Å². The van der Waals surface area contributed by atoms with Crippen LogP contribution in [0.3, 0.4) is 0 Å². The van der Waals surface area contributed by atoms with Crippen LogP contribution >= 0.6 is 11.6 Å². The lowest BCUT2D eigenvalue weighted by Gasteiger charge is -2.36. The molecule has 2 saturated heterocycles. The molecular weight excluding hydrogens is 506 g/mol. The molecule has 0 unspecified atom stereocenters. The Morgan fingerprint density at radius 2 is 1.92 bits per heavy atom. The van der Waals surface area contributed by atoms with Crippen molar-refractivity contribution in [3.8, 4) is 11.1 Å². The standard InChI is InChI=1S/C27H26ClN7O3/c1-32-25(36)20-4-2-16(8-24(20)35(32)13-21-22-15-38-14-17(22)3-5-23(21)28)18-9-29-26(30-10-18)33-6-7-34-19(12-33)11-31-27(34)37/h2-5,8-10,19H,6-7,11-15H2,1H3,(H,31,37)/t19-/m0/s1. The van der Waals surface area contributed by atoms with Gasteiger partial charge in [0.25, 0.3) is 5.56 Å². The van der Waals surface area contributed by atoms with Gasteiger partial charge in [0.05, 0.1) is 36.7 Å². The van der Waals surface area contributed by atoms with Crippen LogP contribution in [0.5, 0.6) is 0 Å². The molecule has 38 heavy (non-hydrogen) atoms. The molecule has 2 fully saturated rings. The summed E-state index contributed by atoms with van der Waals surface area (Å²) in [5, 5.41) is 4.21. The van der Waals surface area contributed by atoms with Crippen molar-refractivity contribution in [1.82, 2.24) is 29.5 Å². The lowest BCUT2D eigenvalue weighted by Crippen LogP contribution is -2.52. The molecule has 0 spiro atoms. The largest absolute Gasteiger partial charge is 0.372 e. The summed E-state index contributed by atoms with van der Waals surface area (Å²) in [5.41, 5.74) is 5.77. The van der Waals surface area contributed by atoms with Crippen LogP contribution in [0.1, 0.15) is 16.7 Å². The van der Waals surface area contributed by atoms with E-state index in [1.54, 1.807) is 11.7 Å². The highest BCUT2D eigenvalue weighted by molar-refractivity contribution is 6.31. The maximum atomic E-state index is 13.0. The Labute approximate surface area is 223 Å². The average Bonchev–Trinajstić information content (AvgIpc) is 3.63. The molecule has 194 valence electrons. The lowest BCUT2D eigenvalue weighted by molar-refractivity contribution is 0.134. The predicted molar refractivity (Wildman–Crippen MR) is 143 cm³/mol. The summed E-state index contributed by atoms with van der Waals surface area (Å²) in [6.07, 6.45) is 3.63. The van der Waals surface area contributed by atoms with Crippen LogP contribution in [0.25, 0.3) is 22.0 Å². The zero-order valence-corrected chi connectivity index (χ0v) is 21.6. The molecule has 11 heteroatoms. The summed E-state index contributed by atoms with van der Waals surface area (Å²) in [4.78, 5) is 38.2. The van der Waals surface area contributed by atoms with Crippen molar-refractivity contribution in [2.24, 2.45) is 7.05 Å². The Kier molecular flexibility index (Phi) is 5.41. The SMILES string of the molecule is Cn1c(=O)c2ccc(-c3cnc(N4CCN5C(=O)NC[C@H]5C4)nc3)cc2n1Cc1c(Cl)ccc2c1COC2. The third-order valence-corrected chi connectivity index (χ3v) is 8.29. The number of aromatic nitrogens is 4. The minimum absolute atomic E-state index is 0.00736. The van der Waals surface area contributed by atoms with Gasteiger partial charge in [-0.2, -0.15) is 0 Å². The second kappa shape index (κ2) is 8.85. The van der Waals surface area contributed by atoms with Crippen LogP contribution in [-0.4, -0.2) is 62.5 Å². The molecule has 1 atom stereocenters. The number of carbonyl (C=O) groups is 1. The molecule has 5 heterocycles. The van der Waals surface area contributed by atoms with E-state index in [1.165, 1.54) is 0 Å². The van der Waals surface area contributed by atoms with Crippen molar-refractivity contribution in [3.05, 3.63) is 74.8 Å². The van der Waals surface area contributed by atoms with Gasteiger partial charge in [0.2, 0.25) is 5.95 Å². The van der Waals surface area contributed by atoms with E-state index in [2.05, 4.69) is 20.2 Å². The third kappa shape index (κ3) is 3.66. The Bertz CT molecular complexity index is 1650. The second-order valence-corrected chi connectivity index (χ2v) is 10.4. The summed E-state index contributed by atoms with van der Waals surface area (Å²) >= 11 is 6.61. The fourth-order valence-electron chi connectivity index (χ4n) is 5.77. The molecule has 4 aromatic rings. The molecule has 0 saturated carbocycles. The fraction of sp³-hybridized carbons (Fsp3) is 0.333. The quantitative estimate of drug-likeness (QED) is 0.435. The molecule has 2 aromatic carbocycles. The summed E-state index contributed by atoms with van der Waals surface area (Å²) in [6, 6.07) is 9.86. The van der Waals surface area contributed by atoms with Crippen LogP contribution in [-0.2, 0) is 31.5 Å². The number of piperazine rings is 1. The topological polar surface area (TPSA) is 97.5 Å². The first-order valence-corrected chi connectivity index (χ1v) is 13.0. The second-order valence-electron chi connectivity index (χ2n) is 10.0. The predicted octanol–water partition coefficient (Wildman–Crippen LogP) is 2.74. The van der Waals surface area contributed by atoms with Crippen molar-refractivity contribution >= 4 is 34.5 Å². The Morgan fingerprint density at radius 1 is 1.08 bits per heavy atom. The normalized spacial score (nSPS) is 18.7. The number of anilines is 1. The number of rotatable bonds is 4. The fourth-order valence-corrected chi connectivity index (χ4v) is 6.01. The highest BCUT2D eigenvalue weighted by atomic mass is 35.5. The Hall–Kier alpha value is -3.89. The highest BCUT2D eigenvalue weighted by Crippen LogP contribution is 2.31. The number of ether oxygens (including phenoxy) is 1. The minimum atomic E-state index is -0.0582. The molecule has 3 aliphatic rings. The van der Waals surface area contributed by atoms with E-state index in [4.69, 9.17) is 16.3 Å². The van der Waals surface area contributed by atoms with Crippen molar-refractivity contribution in [2.75, 3.05) is 31.1 Å². The van der Waals surface area contributed by atoms with Gasteiger partial charge in [0.1, 0.15) is 0 Å². The molecule has 0 radical (unpaired) electrons. The van der Waals surface area contributed by atoms with Crippen LogP contribution in [0, 0.1) is 0 Å². The lowest BCUT2D eigenvalue weighted by atomic mass is 10.0. The Morgan fingerprint density at radius 3 is 2.76 bits per heavy atom. The van der Waals surface area contributed by atoms with Crippen molar-refractivity contribution in [1.29, 1.82) is 0 Å². The van der Waals surface area contributed by atoms with Crippen molar-refractivity contribution in [2.45, 2.75) is 25.8 Å². The first kappa shape index (κ1) is 23.2. The van der Waals surface area contributed by atoms with Crippen molar-refractivity contribution < 1.29 is 9.53 Å². The third-order valence-electron chi connectivity index (χ3n) is 7.93. The van der Waals surface area contributed by atoms with Gasteiger partial charge in [0, 0.05) is 56.2 Å². The van der Waals surface area contributed by atoms with Gasteiger partial charge >= 0.3 is 6.03 Å².